The number of thioether (sulfide) groups is 1. The number of Topliss-reactive ketones (excluding diaryl/α,β-unsaturated/α-hetero) is 1. The van der Waals surface area contributed by atoms with Gasteiger partial charge in [0.25, 0.3) is 0 Å². The number of cyclic esters (lactones) is 1. The first-order valence-electron chi connectivity index (χ1n) is 8.63. The van der Waals surface area contributed by atoms with Gasteiger partial charge < -0.3 is 14.2 Å². The average molecular weight is 377 g/mol. The van der Waals surface area contributed by atoms with Crippen molar-refractivity contribution < 1.29 is 23.8 Å². The van der Waals surface area contributed by atoms with Crippen LogP contribution < -0.4 is 9.47 Å². The fourth-order valence-electron chi connectivity index (χ4n) is 3.35. The van der Waals surface area contributed by atoms with Gasteiger partial charge in [0.2, 0.25) is 0 Å². The van der Waals surface area contributed by atoms with Crippen molar-refractivity contribution in [2.75, 3.05) is 26.5 Å². The number of rotatable bonds is 4. The molecule has 0 radical (unpaired) electrons. The molecule has 140 valence electrons. The fourth-order valence-corrected chi connectivity index (χ4v) is 4.50. The van der Waals surface area contributed by atoms with Crippen LogP contribution in [0.3, 0.4) is 0 Å². The van der Waals surface area contributed by atoms with Gasteiger partial charge in [-0.15, -0.1) is 0 Å². The summed E-state index contributed by atoms with van der Waals surface area (Å²) in [6.07, 6.45) is 0.413. The van der Waals surface area contributed by atoms with E-state index in [0.717, 1.165) is 22.8 Å². The van der Waals surface area contributed by atoms with Crippen molar-refractivity contribution in [3.8, 4) is 11.5 Å². The van der Waals surface area contributed by atoms with Crippen LogP contribution in [0.4, 0.5) is 0 Å². The highest BCUT2D eigenvalue weighted by atomic mass is 32.2. The summed E-state index contributed by atoms with van der Waals surface area (Å²) in [4.78, 5) is 29.3. The van der Waals surface area contributed by atoms with Crippen LogP contribution in [0.5, 0.6) is 11.5 Å². The molecule has 0 aromatic heterocycles. The number of ether oxygens (including phenoxy) is 3. The molecular weight excluding hydrogens is 354 g/mol. The number of ketones is 1. The van der Waals surface area contributed by atoms with Gasteiger partial charge in [0, 0.05) is 47.7 Å². The maximum atomic E-state index is 12.4. The summed E-state index contributed by atoms with van der Waals surface area (Å²) < 4.78 is 16.1. The lowest BCUT2D eigenvalue weighted by Gasteiger charge is -2.27. The quantitative estimate of drug-likeness (QED) is 0.593. The highest BCUT2D eigenvalue weighted by Crippen LogP contribution is 2.41. The summed E-state index contributed by atoms with van der Waals surface area (Å²) in [5, 5.41) is 0.0528. The minimum Gasteiger partial charge on any atom is -0.497 e. The molecule has 0 N–H and O–H groups in total. The lowest BCUT2D eigenvalue weighted by molar-refractivity contribution is -0.160. The highest BCUT2D eigenvalue weighted by molar-refractivity contribution is 7.99. The molecule has 7 heteroatoms. The lowest BCUT2D eigenvalue weighted by Crippen LogP contribution is -2.42. The van der Waals surface area contributed by atoms with Crippen molar-refractivity contribution in [3.63, 3.8) is 0 Å². The van der Waals surface area contributed by atoms with E-state index in [1.54, 1.807) is 32.9 Å². The molecule has 3 rings (SSSR count). The summed E-state index contributed by atoms with van der Waals surface area (Å²) in [6.45, 7) is 2.32. The zero-order valence-corrected chi connectivity index (χ0v) is 16.0. The lowest BCUT2D eigenvalue weighted by atomic mass is 9.88. The second kappa shape index (κ2) is 8.12. The smallest absolute Gasteiger partial charge is 0.322 e. The number of nitrogens with zero attached hydrogens (tertiary/aromatic N) is 1. The molecule has 2 heterocycles. The summed E-state index contributed by atoms with van der Waals surface area (Å²) >= 11 is 1.75. The Morgan fingerprint density at radius 2 is 2.00 bits per heavy atom. The van der Waals surface area contributed by atoms with Gasteiger partial charge in [0.05, 0.1) is 14.2 Å². The van der Waals surface area contributed by atoms with Crippen molar-refractivity contribution in [1.29, 1.82) is 0 Å². The Labute approximate surface area is 157 Å². The van der Waals surface area contributed by atoms with E-state index in [1.807, 2.05) is 18.2 Å². The van der Waals surface area contributed by atoms with Gasteiger partial charge in [-0.05, 0) is 13.0 Å². The van der Waals surface area contributed by atoms with Gasteiger partial charge in [-0.2, -0.15) is 11.8 Å². The number of carbonyl (C=O) groups excluding carboxylic acids is 2. The Hall–Kier alpha value is -2.02. The molecule has 26 heavy (non-hydrogen) atoms. The summed E-state index contributed by atoms with van der Waals surface area (Å²) in [5.41, 5.74) is 1.64. The van der Waals surface area contributed by atoms with Crippen LogP contribution >= 0.6 is 11.8 Å². The summed E-state index contributed by atoms with van der Waals surface area (Å²) in [6, 6.07) is 5.71. The topological polar surface area (TPSA) is 74.2 Å². The molecule has 0 aliphatic carbocycles. The van der Waals surface area contributed by atoms with Gasteiger partial charge >= 0.3 is 5.97 Å². The standard InChI is InChI=1S/C19H23NO5S/c1-11-8-15(21)18(19(22)25-11)14-10-17(26-7-6-20-14)13-5-4-12(23-2)9-16(13)24-3/h4-5,9,11,17-18H,6-8,10H2,1-3H3. The van der Waals surface area contributed by atoms with Crippen LogP contribution in [0.2, 0.25) is 0 Å². The Morgan fingerprint density at radius 3 is 2.69 bits per heavy atom. The van der Waals surface area contributed by atoms with E-state index in [2.05, 4.69) is 4.99 Å². The molecule has 6 nitrogen and oxygen atoms in total. The van der Waals surface area contributed by atoms with E-state index in [0.29, 0.717) is 18.7 Å². The second-order valence-corrected chi connectivity index (χ2v) is 7.71. The van der Waals surface area contributed by atoms with Gasteiger partial charge in [-0.3, -0.25) is 14.6 Å². The van der Waals surface area contributed by atoms with Crippen LogP contribution in [0.15, 0.2) is 23.2 Å². The number of esters is 1. The average Bonchev–Trinajstić information content (AvgIpc) is 2.86. The molecule has 3 unspecified atom stereocenters. The minimum absolute atomic E-state index is 0.0528. The number of carbonyl (C=O) groups is 2. The monoisotopic (exact) mass is 377 g/mol. The Morgan fingerprint density at radius 1 is 1.19 bits per heavy atom. The van der Waals surface area contributed by atoms with Crippen molar-refractivity contribution in [2.24, 2.45) is 10.9 Å². The fraction of sp³-hybridized carbons (Fsp3) is 0.526. The van der Waals surface area contributed by atoms with Gasteiger partial charge in [-0.25, -0.2) is 0 Å². The molecule has 0 amide bonds. The summed E-state index contributed by atoms with van der Waals surface area (Å²) in [7, 11) is 3.24. The predicted octanol–water partition coefficient (Wildman–Crippen LogP) is 2.84. The predicted molar refractivity (Wildman–Crippen MR) is 100 cm³/mol. The van der Waals surface area contributed by atoms with E-state index in [4.69, 9.17) is 14.2 Å². The van der Waals surface area contributed by atoms with Crippen molar-refractivity contribution in [1.82, 2.24) is 0 Å². The third-order valence-corrected chi connectivity index (χ3v) is 5.85. The van der Waals surface area contributed by atoms with Gasteiger partial charge in [-0.1, -0.05) is 6.07 Å². The number of hydrogen-bond donors (Lipinski definition) is 0. The van der Waals surface area contributed by atoms with Crippen LogP contribution in [0.1, 0.15) is 30.6 Å². The zero-order chi connectivity index (χ0) is 18.7. The normalized spacial score (nSPS) is 26.6. The van der Waals surface area contributed by atoms with E-state index < -0.39 is 11.9 Å². The number of methoxy groups -OCH3 is 2. The molecular formula is C19H23NO5S. The molecule has 2 aliphatic heterocycles. The second-order valence-electron chi connectivity index (χ2n) is 6.40. The number of benzene rings is 1. The molecule has 0 saturated carbocycles. The molecule has 0 spiro atoms. The largest absolute Gasteiger partial charge is 0.497 e. The van der Waals surface area contributed by atoms with E-state index in [1.165, 1.54) is 0 Å². The van der Waals surface area contributed by atoms with Gasteiger partial charge in [0.1, 0.15) is 17.6 Å². The van der Waals surface area contributed by atoms with Crippen molar-refractivity contribution in [3.05, 3.63) is 23.8 Å². The molecule has 3 atom stereocenters. The molecule has 1 aromatic rings. The molecule has 1 saturated heterocycles. The zero-order valence-electron chi connectivity index (χ0n) is 15.2. The first kappa shape index (κ1) is 18.8. The minimum atomic E-state index is -0.864. The van der Waals surface area contributed by atoms with Crippen LogP contribution in [-0.4, -0.2) is 50.1 Å². The third kappa shape index (κ3) is 3.87. The first-order chi connectivity index (χ1) is 12.5. The Kier molecular flexibility index (Phi) is 5.86. The van der Waals surface area contributed by atoms with E-state index in [9.17, 15) is 9.59 Å². The summed E-state index contributed by atoms with van der Waals surface area (Å²) in [5.74, 6) is 0.833. The molecule has 0 bridgehead atoms. The van der Waals surface area contributed by atoms with Crippen LogP contribution in [0.25, 0.3) is 0 Å². The van der Waals surface area contributed by atoms with E-state index in [-0.39, 0.29) is 23.6 Å². The third-order valence-electron chi connectivity index (χ3n) is 4.60. The SMILES string of the molecule is COc1ccc(C2CC(C3C(=O)CC(C)OC3=O)=NCCS2)c(OC)c1. The van der Waals surface area contributed by atoms with Crippen molar-refractivity contribution >= 4 is 29.2 Å². The van der Waals surface area contributed by atoms with Crippen LogP contribution in [0, 0.1) is 5.92 Å². The maximum absolute atomic E-state index is 12.4. The Bertz CT molecular complexity index is 715. The highest BCUT2D eigenvalue weighted by Gasteiger charge is 2.40. The molecule has 1 aromatic carbocycles. The van der Waals surface area contributed by atoms with Gasteiger partial charge in [0.15, 0.2) is 11.7 Å². The molecule has 1 fully saturated rings. The first-order valence-corrected chi connectivity index (χ1v) is 9.68. The molecule has 2 aliphatic rings. The Balaban J connectivity index is 1.87. The maximum Gasteiger partial charge on any atom is 0.322 e. The number of hydrogen-bond acceptors (Lipinski definition) is 7. The number of aliphatic imine (C=N–C) groups is 1. The van der Waals surface area contributed by atoms with E-state index >= 15 is 0 Å². The van der Waals surface area contributed by atoms with Crippen LogP contribution in [-0.2, 0) is 14.3 Å². The van der Waals surface area contributed by atoms with Crippen molar-refractivity contribution in [2.45, 2.75) is 31.1 Å².